The van der Waals surface area contributed by atoms with Gasteiger partial charge in [-0.05, 0) is 19.4 Å². The molecule has 110 valence electrons. The molecule has 1 aliphatic rings. The Balaban J connectivity index is 0.000000956. The molecule has 2 rings (SSSR count). The number of aromatic amines is 1. The average molecular weight is 283 g/mol. The van der Waals surface area contributed by atoms with Crippen molar-refractivity contribution in [1.82, 2.24) is 31.0 Å². The monoisotopic (exact) mass is 283 g/mol. The number of carbonyl (C=O) groups is 1. The van der Waals surface area contributed by atoms with Gasteiger partial charge in [0, 0.05) is 19.2 Å². The number of likely N-dealkylation sites (tertiary alicyclic amines) is 1. The summed E-state index contributed by atoms with van der Waals surface area (Å²) in [5, 5.41) is 28.7. The molecule has 20 heavy (non-hydrogen) atoms. The van der Waals surface area contributed by atoms with Gasteiger partial charge in [0.15, 0.2) is 12.4 Å². The Bertz CT molecular complexity index is 408. The molecule has 1 saturated heterocycles. The number of rotatable bonds is 6. The molecule has 0 bridgehead atoms. The van der Waals surface area contributed by atoms with Gasteiger partial charge in [0.2, 0.25) is 0 Å². The van der Waals surface area contributed by atoms with Crippen molar-refractivity contribution in [1.29, 1.82) is 5.26 Å². The van der Waals surface area contributed by atoms with Gasteiger partial charge >= 0.3 is 5.97 Å². The van der Waals surface area contributed by atoms with Crippen LogP contribution in [0.1, 0.15) is 18.7 Å². The summed E-state index contributed by atoms with van der Waals surface area (Å²) >= 11 is 0. The number of H-pyrrole nitrogens is 1. The Morgan fingerprint density at radius 1 is 1.65 bits per heavy atom. The molecule has 0 saturated carbocycles. The Kier molecular flexibility index (Phi) is 7.12. The quantitative estimate of drug-likeness (QED) is 0.555. The van der Waals surface area contributed by atoms with E-state index >= 15 is 0 Å². The van der Waals surface area contributed by atoms with Gasteiger partial charge in [-0.25, -0.2) is 10.1 Å². The first-order valence-electron chi connectivity index (χ1n) is 6.03. The Hall–Kier alpha value is -2.09. The fraction of sp³-hybridized carbons (Fsp3) is 0.700. The fourth-order valence-corrected chi connectivity index (χ4v) is 1.97. The third-order valence-electron chi connectivity index (χ3n) is 2.71. The van der Waals surface area contributed by atoms with Crippen molar-refractivity contribution < 1.29 is 14.7 Å². The molecule has 2 heterocycles. The molecule has 1 aromatic rings. The summed E-state index contributed by atoms with van der Waals surface area (Å²) in [7, 11) is 0. The number of hydrogen-bond donors (Lipinski definition) is 3. The van der Waals surface area contributed by atoms with Crippen LogP contribution in [0.5, 0.6) is 0 Å². The minimum atomic E-state index is -0.984. The van der Waals surface area contributed by atoms with Gasteiger partial charge in [-0.1, -0.05) is 5.21 Å². The van der Waals surface area contributed by atoms with Crippen LogP contribution >= 0.6 is 0 Å². The Morgan fingerprint density at radius 2 is 2.45 bits per heavy atom. The topological polar surface area (TPSA) is 140 Å². The second-order valence-corrected chi connectivity index (χ2v) is 4.20. The number of nitrogens with one attached hydrogen (secondary N) is 2. The van der Waals surface area contributed by atoms with Gasteiger partial charge in [-0.2, -0.15) is 10.7 Å². The SMILES string of the molecule is C#N.O=C(O)CONC1CCCN(Cc2nn[nH]n2)C1. The molecule has 1 atom stereocenters. The first kappa shape index (κ1) is 16.0. The highest BCUT2D eigenvalue weighted by molar-refractivity contribution is 5.67. The van der Waals surface area contributed by atoms with Gasteiger partial charge in [0.1, 0.15) is 0 Å². The molecule has 1 aromatic heterocycles. The van der Waals surface area contributed by atoms with Gasteiger partial charge in [0.05, 0.1) is 6.54 Å². The summed E-state index contributed by atoms with van der Waals surface area (Å²) in [4.78, 5) is 17.4. The number of aromatic nitrogens is 4. The number of carboxylic acids is 1. The highest BCUT2D eigenvalue weighted by atomic mass is 16.7. The number of hydrogen-bond acceptors (Lipinski definition) is 8. The number of carboxylic acid groups (broad SMARTS) is 1. The van der Waals surface area contributed by atoms with E-state index in [9.17, 15) is 4.79 Å². The van der Waals surface area contributed by atoms with Crippen molar-refractivity contribution in [3.8, 4) is 6.57 Å². The van der Waals surface area contributed by atoms with Crippen molar-refractivity contribution in [2.45, 2.75) is 25.4 Å². The largest absolute Gasteiger partial charge is 0.479 e. The van der Waals surface area contributed by atoms with E-state index in [0.29, 0.717) is 12.4 Å². The van der Waals surface area contributed by atoms with Gasteiger partial charge in [-0.3, -0.25) is 9.74 Å². The summed E-state index contributed by atoms with van der Waals surface area (Å²) in [6.07, 6.45) is 1.98. The van der Waals surface area contributed by atoms with Crippen LogP contribution in [-0.2, 0) is 16.2 Å². The molecule has 0 spiro atoms. The van der Waals surface area contributed by atoms with E-state index in [2.05, 4.69) is 37.6 Å². The highest BCUT2D eigenvalue weighted by Crippen LogP contribution is 2.11. The molecule has 0 aromatic carbocycles. The van der Waals surface area contributed by atoms with E-state index in [1.54, 1.807) is 0 Å². The molecule has 1 aliphatic heterocycles. The number of tetrazole rings is 1. The number of aliphatic carboxylic acids is 1. The standard InChI is InChI=1S/C9H16N6O3.CHN/c16-9(17)6-18-12-7-2-1-3-15(4-7)5-8-10-13-14-11-8;1-2/h7,12H,1-6H2,(H,16,17)(H,10,11,13,14);1H. The van der Waals surface area contributed by atoms with E-state index < -0.39 is 5.97 Å². The van der Waals surface area contributed by atoms with Crippen LogP contribution in [0.15, 0.2) is 0 Å². The van der Waals surface area contributed by atoms with E-state index in [4.69, 9.17) is 15.2 Å². The molecule has 0 radical (unpaired) electrons. The Labute approximate surface area is 115 Å². The highest BCUT2D eigenvalue weighted by Gasteiger charge is 2.21. The van der Waals surface area contributed by atoms with Crippen LogP contribution in [0.2, 0.25) is 0 Å². The number of hydroxylamine groups is 1. The molecule has 10 heteroatoms. The smallest absolute Gasteiger partial charge is 0.331 e. The van der Waals surface area contributed by atoms with Crippen molar-refractivity contribution in [3.63, 3.8) is 0 Å². The zero-order chi connectivity index (χ0) is 14.8. The van der Waals surface area contributed by atoms with Crippen LogP contribution in [0.4, 0.5) is 0 Å². The van der Waals surface area contributed by atoms with Crippen LogP contribution in [0.25, 0.3) is 0 Å². The lowest BCUT2D eigenvalue weighted by Crippen LogP contribution is -2.45. The fourth-order valence-electron chi connectivity index (χ4n) is 1.97. The van der Waals surface area contributed by atoms with Crippen molar-refractivity contribution in [3.05, 3.63) is 5.82 Å². The first-order chi connectivity index (χ1) is 9.74. The summed E-state index contributed by atoms with van der Waals surface area (Å²) in [6, 6.07) is 0.130. The second kappa shape index (κ2) is 8.92. The lowest BCUT2D eigenvalue weighted by Gasteiger charge is -2.31. The molecule has 3 N–H and O–H groups in total. The third-order valence-corrected chi connectivity index (χ3v) is 2.71. The maximum Gasteiger partial charge on any atom is 0.331 e. The van der Waals surface area contributed by atoms with Gasteiger partial charge < -0.3 is 5.11 Å². The van der Waals surface area contributed by atoms with E-state index in [0.717, 1.165) is 25.9 Å². The number of nitrogens with zero attached hydrogens (tertiary/aromatic N) is 5. The average Bonchev–Trinajstić information content (AvgIpc) is 2.94. The molecule has 0 amide bonds. The third kappa shape index (κ3) is 5.70. The van der Waals surface area contributed by atoms with Gasteiger partial charge in [0.25, 0.3) is 0 Å². The predicted octanol–water partition coefficient (Wildman–Crippen LogP) is -1.09. The molecule has 1 fully saturated rings. The van der Waals surface area contributed by atoms with Crippen LogP contribution < -0.4 is 5.48 Å². The number of piperidine rings is 1. The van der Waals surface area contributed by atoms with Crippen LogP contribution in [0.3, 0.4) is 0 Å². The van der Waals surface area contributed by atoms with Crippen LogP contribution in [-0.4, -0.2) is 62.3 Å². The predicted molar refractivity (Wildman–Crippen MR) is 65.9 cm³/mol. The summed E-state index contributed by atoms with van der Waals surface area (Å²) in [5.74, 6) is -0.330. The first-order valence-corrected chi connectivity index (χ1v) is 6.03. The summed E-state index contributed by atoms with van der Waals surface area (Å²) < 4.78 is 0. The minimum Gasteiger partial charge on any atom is -0.479 e. The minimum absolute atomic E-state index is 0.130. The molecular weight excluding hydrogens is 266 g/mol. The maximum absolute atomic E-state index is 10.3. The van der Waals surface area contributed by atoms with E-state index in [1.807, 2.05) is 0 Å². The molecule has 0 aliphatic carbocycles. The number of nitriles is 1. The van der Waals surface area contributed by atoms with Crippen molar-refractivity contribution in [2.75, 3.05) is 19.7 Å². The summed E-state index contributed by atoms with van der Waals surface area (Å²) in [5.41, 5.74) is 2.78. The zero-order valence-corrected chi connectivity index (χ0v) is 10.9. The normalized spacial score (nSPS) is 19.0. The van der Waals surface area contributed by atoms with E-state index in [-0.39, 0.29) is 12.6 Å². The summed E-state index contributed by atoms with van der Waals surface area (Å²) in [6.45, 7) is 5.54. The Morgan fingerprint density at radius 3 is 3.10 bits per heavy atom. The maximum atomic E-state index is 10.3. The second-order valence-electron chi connectivity index (χ2n) is 4.20. The van der Waals surface area contributed by atoms with Crippen LogP contribution in [0, 0.1) is 11.8 Å². The zero-order valence-electron chi connectivity index (χ0n) is 10.9. The molecule has 10 nitrogen and oxygen atoms in total. The van der Waals surface area contributed by atoms with Crippen molar-refractivity contribution >= 4 is 5.97 Å². The molecular formula is C10H17N7O3. The van der Waals surface area contributed by atoms with Crippen molar-refractivity contribution in [2.24, 2.45) is 0 Å². The molecule has 1 unspecified atom stereocenters. The van der Waals surface area contributed by atoms with E-state index in [1.165, 1.54) is 0 Å². The lowest BCUT2D eigenvalue weighted by molar-refractivity contribution is -0.146. The van der Waals surface area contributed by atoms with Gasteiger partial charge in [-0.15, -0.1) is 10.2 Å². The lowest BCUT2D eigenvalue weighted by atomic mass is 10.1.